The van der Waals surface area contributed by atoms with E-state index in [4.69, 9.17) is 42.5 Å². The Bertz CT molecular complexity index is 1860. The number of thiol groups is 1. The zero-order chi connectivity index (χ0) is 62.2. The Hall–Kier alpha value is 0.0300. The minimum absolute atomic E-state index is 0.319. The summed E-state index contributed by atoms with van der Waals surface area (Å²) >= 11 is 4.49. The van der Waals surface area contributed by atoms with Crippen LogP contribution in [0.1, 0.15) is 357 Å². The highest BCUT2D eigenvalue weighted by molar-refractivity contribution is 7.80. The summed E-state index contributed by atoms with van der Waals surface area (Å²) in [7, 11) is 0. The number of rotatable bonds is 41. The van der Waals surface area contributed by atoms with Crippen LogP contribution in [0, 0.1) is 94.7 Å². The molecule has 0 aromatic rings. The largest absolute Gasteiger partial charge is 0.286 e. The summed E-state index contributed by atoms with van der Waals surface area (Å²) in [5.41, 5.74) is 0. The summed E-state index contributed by atoms with van der Waals surface area (Å²) in [4.78, 5) is 0. The van der Waals surface area contributed by atoms with Crippen molar-refractivity contribution in [3.05, 3.63) is 0 Å². The van der Waals surface area contributed by atoms with Gasteiger partial charge in [-0.15, -0.1) is 0 Å². The number of fused-ring (bicyclic) bond motifs is 20. The van der Waals surface area contributed by atoms with Crippen molar-refractivity contribution in [3.8, 4) is 0 Å². The molecule has 5 saturated heterocycles. The highest BCUT2D eigenvalue weighted by Gasteiger charge is 2.61. The average molecular weight is 1260 g/mol. The van der Waals surface area contributed by atoms with E-state index < -0.39 is 0 Å². The molecule has 24 atom stereocenters. The third-order valence-corrected chi connectivity index (χ3v) is 27.5. The van der Waals surface area contributed by atoms with E-state index in [1.165, 1.54) is 308 Å². The van der Waals surface area contributed by atoms with Gasteiger partial charge in [0.05, 0.1) is 49.3 Å². The fraction of sp³-hybridized carbons (Fsp3) is 1.00. The van der Waals surface area contributed by atoms with Crippen molar-refractivity contribution < 1.29 is 0 Å². The van der Waals surface area contributed by atoms with Gasteiger partial charge in [0.15, 0.2) is 0 Å². The van der Waals surface area contributed by atoms with Gasteiger partial charge in [-0.2, -0.15) is 12.6 Å². The second kappa shape index (κ2) is 40.0. The van der Waals surface area contributed by atoms with Gasteiger partial charge in [0.2, 0.25) is 0 Å². The first kappa shape index (κ1) is 73.3. The van der Waals surface area contributed by atoms with E-state index in [9.17, 15) is 0 Å². The Balaban J connectivity index is 1.12. The van der Waals surface area contributed by atoms with Gasteiger partial charge < -0.3 is 0 Å². The van der Waals surface area contributed by atoms with Crippen molar-refractivity contribution in [2.75, 3.05) is 5.75 Å². The number of hydrogen-bond acceptors (Lipinski definition) is 9. The normalized spacial score (nSPS) is 39.2. The third kappa shape index (κ3) is 20.1. The summed E-state index contributed by atoms with van der Waals surface area (Å²) in [5.74, 6) is 12.6. The van der Waals surface area contributed by atoms with E-state index in [0.29, 0.717) is 103 Å². The molecule has 0 radical (unpaired) electrons. The lowest BCUT2D eigenvalue weighted by atomic mass is 9.62. The molecule has 0 amide bonds. The lowest BCUT2D eigenvalue weighted by molar-refractivity contribution is 0.0391. The van der Waals surface area contributed by atoms with Crippen LogP contribution in [-0.4, -0.2) is 55.1 Å². The molecular formula is C80H152N8S. The van der Waals surface area contributed by atoms with Crippen LogP contribution in [0.2, 0.25) is 0 Å². The summed E-state index contributed by atoms with van der Waals surface area (Å²) in [6, 6.07) is 0. The molecule has 4 saturated carbocycles. The van der Waals surface area contributed by atoms with Crippen LogP contribution in [-0.2, 0) is 0 Å². The van der Waals surface area contributed by atoms with Crippen LogP contribution in [0.5, 0.6) is 0 Å². The fourth-order valence-electron chi connectivity index (χ4n) is 22.7. The molecule has 518 valence electrons. The Morgan fingerprint density at radius 3 is 0.596 bits per heavy atom. The molecule has 0 aromatic heterocycles. The first-order valence-electron chi connectivity index (χ1n) is 41.5. The molecule has 8 N–H and O–H groups in total. The molecule has 5 heterocycles. The van der Waals surface area contributed by atoms with E-state index >= 15 is 0 Å². The first-order chi connectivity index (χ1) is 43.8. The van der Waals surface area contributed by atoms with Gasteiger partial charge in [-0.1, -0.05) is 305 Å². The molecule has 0 aromatic carbocycles. The molecule has 9 heteroatoms. The standard InChI is InChI=1S/C80H152N8S/c1-8-14-20-33-41-59-50-51-60(42-34-21-15-9-2)68-67(59)75-82-73-65-57(7)48-49-58(47-39-31-29-27-26-28-30-32-40-56-89)66(65)74(81-73)83-76-69-61(43-35-22-16-10-3)52-53-62(44-36-23-17-11-4)70(69)78(85-76)87-80-72-64(46-38-25-19-13-6)55-54-63(45-37-24-18-12-5)71(72)79(88-80)86-77(68)84-75/h57-89H,8-56H2,1-7H3. The summed E-state index contributed by atoms with van der Waals surface area (Å²) in [5, 5.41) is 38.4. The van der Waals surface area contributed by atoms with Gasteiger partial charge in [-0.3, -0.25) is 42.5 Å². The molecular weight excluding hydrogens is 1110 g/mol. The topological polar surface area (TPSA) is 96.2 Å². The highest BCUT2D eigenvalue weighted by Crippen LogP contribution is 2.55. The Kier molecular flexibility index (Phi) is 33.0. The van der Waals surface area contributed by atoms with Gasteiger partial charge in [0, 0.05) is 0 Å². The van der Waals surface area contributed by atoms with Crippen LogP contribution in [0.15, 0.2) is 0 Å². The highest BCUT2D eigenvalue weighted by atomic mass is 32.1. The maximum Gasteiger partial charge on any atom is 0.0631 e. The molecule has 5 aliphatic heterocycles. The molecule has 4 aliphatic carbocycles. The van der Waals surface area contributed by atoms with Crippen molar-refractivity contribution in [2.45, 2.75) is 406 Å². The second-order valence-corrected chi connectivity index (χ2v) is 33.6. The summed E-state index contributed by atoms with van der Waals surface area (Å²) in [6.07, 6.45) is 70.0. The Morgan fingerprint density at radius 1 is 0.213 bits per heavy atom. The third-order valence-electron chi connectivity index (χ3n) is 27.2. The SMILES string of the molecule is CCCCCCC1CCC(CCCCCC)C2C3NC(NC4NC(NC5NC(NC6NC(N3)C3C(CCCCCC)CCC(CCCCCC)C63)C3C(CCCCCC)CCC(CCCCCC)C53)C3C(CCCCCCCCCCCS)CCC(C)C43)C12. The minimum Gasteiger partial charge on any atom is -0.286 e. The van der Waals surface area contributed by atoms with E-state index in [1.54, 1.807) is 0 Å². The molecule has 0 spiro atoms. The quantitative estimate of drug-likeness (QED) is 0.0221. The lowest BCUT2D eigenvalue weighted by Crippen LogP contribution is -2.62. The van der Waals surface area contributed by atoms with Gasteiger partial charge in [0.1, 0.15) is 0 Å². The zero-order valence-corrected chi connectivity index (χ0v) is 60.8. The Labute approximate surface area is 558 Å². The van der Waals surface area contributed by atoms with Gasteiger partial charge >= 0.3 is 0 Å². The number of nitrogens with one attached hydrogen (secondary N) is 8. The molecule has 89 heavy (non-hydrogen) atoms. The van der Waals surface area contributed by atoms with Crippen LogP contribution < -0.4 is 42.5 Å². The minimum atomic E-state index is 0.319. The maximum atomic E-state index is 4.88. The monoisotopic (exact) mass is 1260 g/mol. The molecule has 9 rings (SSSR count). The first-order valence-corrected chi connectivity index (χ1v) is 42.2. The Morgan fingerprint density at radius 2 is 0.382 bits per heavy atom. The predicted octanol–water partition coefficient (Wildman–Crippen LogP) is 20.1. The summed E-state index contributed by atoms with van der Waals surface area (Å²) in [6.45, 7) is 17.2. The van der Waals surface area contributed by atoms with E-state index in [-0.39, 0.29) is 0 Å². The van der Waals surface area contributed by atoms with Gasteiger partial charge in [0.25, 0.3) is 0 Å². The fourth-order valence-corrected chi connectivity index (χ4v) is 22.9. The van der Waals surface area contributed by atoms with Gasteiger partial charge in [-0.05, 0) is 152 Å². The smallest absolute Gasteiger partial charge is 0.0631 e. The van der Waals surface area contributed by atoms with E-state index in [2.05, 4.69) is 61.1 Å². The lowest BCUT2D eigenvalue weighted by Gasteiger charge is -2.46. The molecule has 8 bridgehead atoms. The maximum absolute atomic E-state index is 4.88. The van der Waals surface area contributed by atoms with Crippen molar-refractivity contribution in [3.63, 3.8) is 0 Å². The molecule has 9 aliphatic rings. The van der Waals surface area contributed by atoms with Crippen LogP contribution in [0.4, 0.5) is 0 Å². The predicted molar refractivity (Wildman–Crippen MR) is 386 cm³/mol. The van der Waals surface area contributed by atoms with E-state index in [0.717, 1.165) is 47.2 Å². The van der Waals surface area contributed by atoms with Crippen LogP contribution in [0.25, 0.3) is 0 Å². The van der Waals surface area contributed by atoms with E-state index in [1.807, 2.05) is 0 Å². The van der Waals surface area contributed by atoms with Gasteiger partial charge in [-0.25, -0.2) is 0 Å². The van der Waals surface area contributed by atoms with Crippen molar-refractivity contribution in [2.24, 2.45) is 94.7 Å². The second-order valence-electron chi connectivity index (χ2n) is 33.2. The van der Waals surface area contributed by atoms with Crippen molar-refractivity contribution in [1.82, 2.24) is 42.5 Å². The van der Waals surface area contributed by atoms with Crippen LogP contribution in [0.3, 0.4) is 0 Å². The zero-order valence-electron chi connectivity index (χ0n) is 60.0. The summed E-state index contributed by atoms with van der Waals surface area (Å²) < 4.78 is 0. The molecule has 24 unspecified atom stereocenters. The number of hydrogen-bond donors (Lipinski definition) is 9. The van der Waals surface area contributed by atoms with Crippen LogP contribution >= 0.6 is 12.6 Å². The molecule has 9 fully saturated rings. The average Bonchev–Trinajstić information content (AvgIpc) is 1.61. The van der Waals surface area contributed by atoms with Crippen molar-refractivity contribution in [1.29, 1.82) is 0 Å². The van der Waals surface area contributed by atoms with Crippen molar-refractivity contribution >= 4 is 12.6 Å². The molecule has 8 nitrogen and oxygen atoms in total. The number of unbranched alkanes of at least 4 members (excludes halogenated alkanes) is 26.